The number of nitriles is 1. The zero-order valence-corrected chi connectivity index (χ0v) is 20.0. The van der Waals surface area contributed by atoms with Crippen LogP contribution in [0, 0.1) is 17.2 Å². The Hall–Kier alpha value is -2.92. The van der Waals surface area contributed by atoms with E-state index in [1.165, 1.54) is 0 Å². The number of nitrogens with zero attached hydrogens (tertiary/aromatic N) is 1. The van der Waals surface area contributed by atoms with Gasteiger partial charge in [-0.2, -0.15) is 5.26 Å². The lowest BCUT2D eigenvalue weighted by molar-refractivity contribution is -0.117. The van der Waals surface area contributed by atoms with Crippen LogP contribution in [-0.2, 0) is 4.79 Å². The van der Waals surface area contributed by atoms with Gasteiger partial charge in [-0.1, -0.05) is 107 Å². The van der Waals surface area contributed by atoms with Crippen LogP contribution in [0.5, 0.6) is 0 Å². The van der Waals surface area contributed by atoms with E-state index in [4.69, 9.17) is 0 Å². The Balaban J connectivity index is 0.00000113. The van der Waals surface area contributed by atoms with Crippen molar-refractivity contribution < 1.29 is 4.79 Å². The second kappa shape index (κ2) is 13.4. The Morgan fingerprint density at radius 2 is 1.48 bits per heavy atom. The summed E-state index contributed by atoms with van der Waals surface area (Å²) in [5, 5.41) is 9.98. The van der Waals surface area contributed by atoms with E-state index in [1.54, 1.807) is 0 Å². The molecule has 0 spiro atoms. The summed E-state index contributed by atoms with van der Waals surface area (Å²) in [5.74, 6) is -0.111. The van der Waals surface area contributed by atoms with Crippen molar-refractivity contribution in [3.8, 4) is 6.07 Å². The van der Waals surface area contributed by atoms with Crippen molar-refractivity contribution in [2.45, 2.75) is 66.2 Å². The number of hydrogen-bond acceptors (Lipinski definition) is 2. The van der Waals surface area contributed by atoms with E-state index < -0.39 is 0 Å². The van der Waals surface area contributed by atoms with Gasteiger partial charge in [0.05, 0.1) is 12.0 Å². The van der Waals surface area contributed by atoms with Crippen molar-refractivity contribution in [1.82, 2.24) is 0 Å². The fourth-order valence-electron chi connectivity index (χ4n) is 4.14. The Kier molecular flexibility index (Phi) is 11.3. The molecule has 0 saturated carbocycles. The van der Waals surface area contributed by atoms with Crippen LogP contribution in [0.15, 0.2) is 84.0 Å². The third kappa shape index (κ3) is 6.53. The summed E-state index contributed by atoms with van der Waals surface area (Å²) in [6, 6.07) is 22.5. The highest BCUT2D eigenvalue weighted by Gasteiger charge is 2.32. The molecule has 2 aromatic carbocycles. The first-order valence-electron chi connectivity index (χ1n) is 11.4. The SMILES string of the molecule is C=C(CC(c1ccccc1)C(C#N)c1ccccc1)C1=C(C)CC(C)C1=O.CC.CC. The molecule has 1 aliphatic rings. The van der Waals surface area contributed by atoms with Crippen LogP contribution in [0.1, 0.15) is 77.3 Å². The molecule has 0 heterocycles. The van der Waals surface area contributed by atoms with Crippen LogP contribution in [-0.4, -0.2) is 5.78 Å². The molecule has 0 aliphatic heterocycles. The van der Waals surface area contributed by atoms with E-state index >= 15 is 0 Å². The molecular weight excluding hydrogens is 378 g/mol. The number of hydrogen-bond donors (Lipinski definition) is 0. The van der Waals surface area contributed by atoms with Crippen LogP contribution >= 0.6 is 0 Å². The Labute approximate surface area is 189 Å². The molecule has 2 aromatic rings. The number of Topliss-reactive ketones (excluding diaryl/α,β-unsaturated/α-hetero) is 1. The molecule has 3 unspecified atom stereocenters. The highest BCUT2D eigenvalue weighted by atomic mass is 16.1. The van der Waals surface area contributed by atoms with E-state index in [2.05, 4.69) is 24.8 Å². The van der Waals surface area contributed by atoms with Gasteiger partial charge in [0.1, 0.15) is 0 Å². The minimum Gasteiger partial charge on any atom is -0.294 e. The highest BCUT2D eigenvalue weighted by molar-refractivity contribution is 6.04. The van der Waals surface area contributed by atoms with Gasteiger partial charge < -0.3 is 0 Å². The van der Waals surface area contributed by atoms with E-state index in [0.29, 0.717) is 6.42 Å². The fourth-order valence-corrected chi connectivity index (χ4v) is 4.14. The topological polar surface area (TPSA) is 40.9 Å². The molecule has 0 radical (unpaired) electrons. The third-order valence-corrected chi connectivity index (χ3v) is 5.48. The molecule has 31 heavy (non-hydrogen) atoms. The minimum absolute atomic E-state index is 0.0350. The molecule has 3 rings (SSSR count). The second-order valence-corrected chi connectivity index (χ2v) is 7.47. The van der Waals surface area contributed by atoms with Gasteiger partial charge in [-0.3, -0.25) is 4.79 Å². The molecule has 0 aromatic heterocycles. The number of ketones is 1. The van der Waals surface area contributed by atoms with E-state index in [-0.39, 0.29) is 23.5 Å². The van der Waals surface area contributed by atoms with E-state index in [1.807, 2.05) is 90.1 Å². The van der Waals surface area contributed by atoms with Gasteiger partial charge in [-0.25, -0.2) is 0 Å². The van der Waals surface area contributed by atoms with Crippen LogP contribution < -0.4 is 0 Å². The first-order chi connectivity index (χ1) is 15.0. The molecule has 2 heteroatoms. The monoisotopic (exact) mass is 415 g/mol. The van der Waals surface area contributed by atoms with Gasteiger partial charge in [-0.05, 0) is 36.5 Å². The molecule has 1 aliphatic carbocycles. The van der Waals surface area contributed by atoms with Gasteiger partial charge in [0.15, 0.2) is 5.78 Å². The quantitative estimate of drug-likeness (QED) is 0.479. The number of rotatable bonds is 6. The molecule has 0 bridgehead atoms. The van der Waals surface area contributed by atoms with Gasteiger partial charge in [0, 0.05) is 17.4 Å². The summed E-state index contributed by atoms with van der Waals surface area (Å²) in [7, 11) is 0. The second-order valence-electron chi connectivity index (χ2n) is 7.47. The lowest BCUT2D eigenvalue weighted by Gasteiger charge is -2.24. The number of benzene rings is 2. The average Bonchev–Trinajstić information content (AvgIpc) is 3.08. The Morgan fingerprint density at radius 3 is 1.90 bits per heavy atom. The van der Waals surface area contributed by atoms with Crippen LogP contribution in [0.4, 0.5) is 0 Å². The van der Waals surface area contributed by atoms with Crippen molar-refractivity contribution in [3.63, 3.8) is 0 Å². The average molecular weight is 416 g/mol. The third-order valence-electron chi connectivity index (χ3n) is 5.48. The molecule has 2 nitrogen and oxygen atoms in total. The van der Waals surface area contributed by atoms with E-state index in [0.717, 1.165) is 34.3 Å². The van der Waals surface area contributed by atoms with Gasteiger partial charge in [0.2, 0.25) is 0 Å². The smallest absolute Gasteiger partial charge is 0.166 e. The van der Waals surface area contributed by atoms with Crippen molar-refractivity contribution in [1.29, 1.82) is 5.26 Å². The fraction of sp³-hybridized carbons (Fsp3) is 0.379. The zero-order chi connectivity index (χ0) is 23.4. The summed E-state index contributed by atoms with van der Waals surface area (Å²) in [4.78, 5) is 12.6. The normalized spacial score (nSPS) is 16.8. The lowest BCUT2D eigenvalue weighted by Crippen LogP contribution is -2.14. The molecule has 0 fully saturated rings. The van der Waals surface area contributed by atoms with Gasteiger partial charge >= 0.3 is 0 Å². The number of carbonyl (C=O) groups excluding carboxylic acids is 1. The van der Waals surface area contributed by atoms with Crippen molar-refractivity contribution >= 4 is 5.78 Å². The molecule has 164 valence electrons. The maximum Gasteiger partial charge on any atom is 0.166 e. The minimum atomic E-state index is -0.291. The summed E-state index contributed by atoms with van der Waals surface area (Å²) in [6.07, 6.45) is 1.41. The molecule has 0 amide bonds. The first kappa shape index (κ1) is 26.1. The summed E-state index contributed by atoms with van der Waals surface area (Å²) in [6.45, 7) is 16.3. The van der Waals surface area contributed by atoms with Gasteiger partial charge in [0.25, 0.3) is 0 Å². The summed E-state index contributed by atoms with van der Waals surface area (Å²) >= 11 is 0. The maximum atomic E-state index is 12.6. The predicted octanol–water partition coefficient (Wildman–Crippen LogP) is 8.00. The van der Waals surface area contributed by atoms with E-state index in [9.17, 15) is 10.1 Å². The van der Waals surface area contributed by atoms with Crippen LogP contribution in [0.3, 0.4) is 0 Å². The van der Waals surface area contributed by atoms with Crippen molar-refractivity contribution in [3.05, 3.63) is 95.1 Å². The number of carbonyl (C=O) groups is 1. The molecular formula is C29H37NO. The molecule has 3 atom stereocenters. The predicted molar refractivity (Wildman–Crippen MR) is 132 cm³/mol. The lowest BCUT2D eigenvalue weighted by atomic mass is 9.77. The highest BCUT2D eigenvalue weighted by Crippen LogP contribution is 2.41. The summed E-state index contributed by atoms with van der Waals surface area (Å²) in [5.41, 5.74) is 4.88. The van der Waals surface area contributed by atoms with Crippen molar-refractivity contribution in [2.75, 3.05) is 0 Å². The van der Waals surface area contributed by atoms with Crippen LogP contribution in [0.25, 0.3) is 0 Å². The summed E-state index contributed by atoms with van der Waals surface area (Å²) < 4.78 is 0. The Bertz CT molecular complexity index is 903. The Morgan fingerprint density at radius 1 is 1.00 bits per heavy atom. The van der Waals surface area contributed by atoms with Crippen molar-refractivity contribution in [2.24, 2.45) is 5.92 Å². The first-order valence-corrected chi connectivity index (χ1v) is 11.4. The van der Waals surface area contributed by atoms with Gasteiger partial charge in [-0.15, -0.1) is 0 Å². The molecule has 0 N–H and O–H groups in total. The van der Waals surface area contributed by atoms with Crippen LogP contribution in [0.2, 0.25) is 0 Å². The largest absolute Gasteiger partial charge is 0.294 e. The maximum absolute atomic E-state index is 12.6. The zero-order valence-electron chi connectivity index (χ0n) is 20.0. The molecule has 0 saturated heterocycles. The number of allylic oxidation sites excluding steroid dienone is 3. The standard InChI is InChI=1S/C25H25NO.2C2H6/c1-17-14-19(3)25(27)24(17)18(2)15-22(20-10-6-4-7-11-20)23(16-26)21-12-8-5-9-13-21;2*1-2/h4-13,19,22-23H,2,14-15H2,1,3H3;2*1-2H3.